The van der Waals surface area contributed by atoms with Gasteiger partial charge in [0.25, 0.3) is 0 Å². The Morgan fingerprint density at radius 1 is 1.28 bits per heavy atom. The average molecular weight is 373 g/mol. The second-order valence-corrected chi connectivity index (χ2v) is 5.39. The molecule has 0 aliphatic heterocycles. The quantitative estimate of drug-likeness (QED) is 0.569. The van der Waals surface area contributed by atoms with Crippen LogP contribution in [0.5, 0.6) is 0 Å². The highest BCUT2D eigenvalue weighted by Crippen LogP contribution is 2.27. The van der Waals surface area contributed by atoms with Crippen molar-refractivity contribution >= 4 is 49.3 Å². The highest BCUT2D eigenvalue weighted by Gasteiger charge is 2.06. The summed E-state index contributed by atoms with van der Waals surface area (Å²) in [6, 6.07) is 5.99. The van der Waals surface area contributed by atoms with E-state index in [1.165, 1.54) is 0 Å². The van der Waals surface area contributed by atoms with Gasteiger partial charge in [-0.25, -0.2) is 10.8 Å². The van der Waals surface area contributed by atoms with Gasteiger partial charge in [-0.15, -0.1) is 0 Å². The number of rotatable bonds is 3. The van der Waals surface area contributed by atoms with Gasteiger partial charge in [0.1, 0.15) is 5.82 Å². The van der Waals surface area contributed by atoms with Crippen molar-refractivity contribution in [1.82, 2.24) is 9.97 Å². The molecule has 1 heterocycles. The minimum atomic E-state index is 0.355. The van der Waals surface area contributed by atoms with E-state index >= 15 is 0 Å². The lowest BCUT2D eigenvalue weighted by atomic mass is 10.2. The first-order chi connectivity index (χ1) is 8.60. The summed E-state index contributed by atoms with van der Waals surface area (Å²) in [4.78, 5) is 8.23. The predicted molar refractivity (Wildman–Crippen MR) is 79.7 cm³/mol. The van der Waals surface area contributed by atoms with Gasteiger partial charge in [-0.2, -0.15) is 4.98 Å². The lowest BCUT2D eigenvalue weighted by Crippen LogP contribution is -2.11. The molecule has 7 heteroatoms. The molecule has 4 N–H and O–H groups in total. The third kappa shape index (κ3) is 2.98. The standard InChI is InChI=1S/C11H11Br2N5/c1-6-2-3-7(12)4-9(6)16-10-8(13)5-15-11(17-10)18-14/h2-5H,14H2,1H3,(H2,15,16,17,18). The van der Waals surface area contributed by atoms with E-state index in [2.05, 4.69) is 52.6 Å². The normalized spacial score (nSPS) is 10.2. The lowest BCUT2D eigenvalue weighted by molar-refractivity contribution is 1.11. The first-order valence-corrected chi connectivity index (χ1v) is 6.71. The van der Waals surface area contributed by atoms with Crippen LogP contribution in [-0.4, -0.2) is 9.97 Å². The van der Waals surface area contributed by atoms with E-state index in [9.17, 15) is 0 Å². The maximum atomic E-state index is 5.29. The molecule has 0 fully saturated rings. The number of nitrogens with one attached hydrogen (secondary N) is 2. The molecule has 0 aliphatic rings. The maximum Gasteiger partial charge on any atom is 0.239 e. The van der Waals surface area contributed by atoms with Crippen molar-refractivity contribution in [2.45, 2.75) is 6.92 Å². The van der Waals surface area contributed by atoms with Crippen LogP contribution < -0.4 is 16.6 Å². The van der Waals surface area contributed by atoms with Crippen molar-refractivity contribution < 1.29 is 0 Å². The topological polar surface area (TPSA) is 75.9 Å². The number of nitrogens with zero attached hydrogens (tertiary/aromatic N) is 2. The third-order valence-corrected chi connectivity index (χ3v) is 3.40. The van der Waals surface area contributed by atoms with Gasteiger partial charge in [-0.1, -0.05) is 22.0 Å². The van der Waals surface area contributed by atoms with Crippen molar-refractivity contribution in [2.75, 3.05) is 10.7 Å². The van der Waals surface area contributed by atoms with Crippen LogP contribution in [-0.2, 0) is 0 Å². The molecule has 2 aromatic rings. The van der Waals surface area contributed by atoms with Gasteiger partial charge in [0, 0.05) is 16.4 Å². The first-order valence-electron chi connectivity index (χ1n) is 5.12. The number of hydrogen-bond acceptors (Lipinski definition) is 5. The van der Waals surface area contributed by atoms with Gasteiger partial charge in [0.2, 0.25) is 5.95 Å². The fraction of sp³-hybridized carbons (Fsp3) is 0.0909. The van der Waals surface area contributed by atoms with Crippen LogP contribution in [0.25, 0.3) is 0 Å². The number of hydrazine groups is 1. The highest BCUT2D eigenvalue weighted by atomic mass is 79.9. The maximum absolute atomic E-state index is 5.29. The molecule has 0 radical (unpaired) electrons. The van der Waals surface area contributed by atoms with Crippen LogP contribution in [0.3, 0.4) is 0 Å². The molecule has 0 unspecified atom stereocenters. The largest absolute Gasteiger partial charge is 0.339 e. The zero-order chi connectivity index (χ0) is 13.1. The SMILES string of the molecule is Cc1ccc(Br)cc1Nc1nc(NN)ncc1Br. The van der Waals surface area contributed by atoms with Gasteiger partial charge in [0.15, 0.2) is 0 Å². The fourth-order valence-electron chi connectivity index (χ4n) is 1.38. The smallest absolute Gasteiger partial charge is 0.239 e. The zero-order valence-electron chi connectivity index (χ0n) is 9.54. The van der Waals surface area contributed by atoms with E-state index in [1.807, 2.05) is 25.1 Å². The number of nitrogen functional groups attached to an aromatic ring is 1. The molecule has 0 bridgehead atoms. The molecule has 0 amide bonds. The summed E-state index contributed by atoms with van der Waals surface area (Å²) in [5.74, 6) is 6.30. The first kappa shape index (κ1) is 13.3. The zero-order valence-corrected chi connectivity index (χ0v) is 12.7. The van der Waals surface area contributed by atoms with Crippen molar-refractivity contribution in [3.05, 3.63) is 38.9 Å². The van der Waals surface area contributed by atoms with Crippen LogP contribution in [0.4, 0.5) is 17.5 Å². The molecule has 1 aromatic carbocycles. The van der Waals surface area contributed by atoms with Crippen LogP contribution in [0.2, 0.25) is 0 Å². The number of anilines is 3. The molecule has 94 valence electrons. The molecule has 0 saturated heterocycles. The van der Waals surface area contributed by atoms with E-state index in [0.29, 0.717) is 11.8 Å². The van der Waals surface area contributed by atoms with Crippen LogP contribution >= 0.6 is 31.9 Å². The summed E-state index contributed by atoms with van der Waals surface area (Å²) >= 11 is 6.83. The number of halogens is 2. The summed E-state index contributed by atoms with van der Waals surface area (Å²) < 4.78 is 1.76. The number of aromatic nitrogens is 2. The Labute approximate surface area is 121 Å². The van der Waals surface area contributed by atoms with Gasteiger partial charge >= 0.3 is 0 Å². The van der Waals surface area contributed by atoms with Crippen molar-refractivity contribution in [2.24, 2.45) is 5.84 Å². The molecular weight excluding hydrogens is 362 g/mol. The van der Waals surface area contributed by atoms with Gasteiger partial charge in [-0.05, 0) is 40.5 Å². The summed E-state index contributed by atoms with van der Waals surface area (Å²) in [5.41, 5.74) is 4.50. The molecule has 0 saturated carbocycles. The fourth-order valence-corrected chi connectivity index (χ4v) is 2.03. The molecule has 0 aliphatic carbocycles. The molecular formula is C11H11Br2N5. The molecule has 0 spiro atoms. The predicted octanol–water partition coefficient (Wildman–Crippen LogP) is 3.34. The summed E-state index contributed by atoms with van der Waals surface area (Å²) in [7, 11) is 0. The molecule has 0 atom stereocenters. The van der Waals surface area contributed by atoms with E-state index in [-0.39, 0.29) is 0 Å². The van der Waals surface area contributed by atoms with Crippen LogP contribution in [0.1, 0.15) is 5.56 Å². The van der Waals surface area contributed by atoms with E-state index in [1.54, 1.807) is 6.20 Å². The summed E-state index contributed by atoms with van der Waals surface area (Å²) in [5, 5.41) is 3.23. The highest BCUT2D eigenvalue weighted by molar-refractivity contribution is 9.10. The lowest BCUT2D eigenvalue weighted by Gasteiger charge is -2.11. The van der Waals surface area contributed by atoms with E-state index in [4.69, 9.17) is 5.84 Å². The third-order valence-electron chi connectivity index (χ3n) is 2.33. The number of aryl methyl sites for hydroxylation is 1. The molecule has 1 aromatic heterocycles. The summed E-state index contributed by atoms with van der Waals surface area (Å²) in [6.07, 6.45) is 1.64. The minimum Gasteiger partial charge on any atom is -0.339 e. The molecule has 2 rings (SSSR count). The van der Waals surface area contributed by atoms with Gasteiger partial charge in [-0.3, -0.25) is 5.43 Å². The van der Waals surface area contributed by atoms with Gasteiger partial charge < -0.3 is 5.32 Å². The molecule has 5 nitrogen and oxygen atoms in total. The Morgan fingerprint density at radius 2 is 2.06 bits per heavy atom. The number of benzene rings is 1. The monoisotopic (exact) mass is 371 g/mol. The Hall–Kier alpha value is -1.18. The van der Waals surface area contributed by atoms with Crippen LogP contribution in [0, 0.1) is 6.92 Å². The Balaban J connectivity index is 2.36. The average Bonchev–Trinajstić information content (AvgIpc) is 2.36. The van der Waals surface area contributed by atoms with Crippen LogP contribution in [0.15, 0.2) is 33.3 Å². The van der Waals surface area contributed by atoms with Gasteiger partial charge in [0.05, 0.1) is 4.47 Å². The van der Waals surface area contributed by atoms with Crippen molar-refractivity contribution in [3.63, 3.8) is 0 Å². The second kappa shape index (κ2) is 5.64. The molecule has 18 heavy (non-hydrogen) atoms. The Kier molecular flexibility index (Phi) is 4.15. The Morgan fingerprint density at radius 3 is 2.78 bits per heavy atom. The summed E-state index contributed by atoms with van der Waals surface area (Å²) in [6.45, 7) is 2.02. The van der Waals surface area contributed by atoms with Crippen molar-refractivity contribution in [1.29, 1.82) is 0 Å². The van der Waals surface area contributed by atoms with E-state index < -0.39 is 0 Å². The second-order valence-electron chi connectivity index (χ2n) is 3.62. The number of hydrogen-bond donors (Lipinski definition) is 3. The minimum absolute atomic E-state index is 0.355. The van der Waals surface area contributed by atoms with E-state index in [0.717, 1.165) is 20.2 Å². The number of nitrogens with two attached hydrogens (primary N) is 1. The van der Waals surface area contributed by atoms with Crippen molar-refractivity contribution in [3.8, 4) is 0 Å². The Bertz CT molecular complexity index is 573.